The summed E-state index contributed by atoms with van der Waals surface area (Å²) in [6, 6.07) is 0. The molecular weight excluding hydrogens is 250 g/mol. The Morgan fingerprint density at radius 1 is 1.65 bits per heavy atom. The second-order valence-electron chi connectivity index (χ2n) is 3.29. The summed E-state index contributed by atoms with van der Waals surface area (Å²) in [4.78, 5) is 18.0. The van der Waals surface area contributed by atoms with E-state index in [1.807, 2.05) is 0 Å². The minimum atomic E-state index is -1.38. The van der Waals surface area contributed by atoms with E-state index in [2.05, 4.69) is 9.97 Å². The molecule has 0 saturated carbocycles. The van der Waals surface area contributed by atoms with Crippen molar-refractivity contribution in [2.24, 2.45) is 5.73 Å². The fourth-order valence-electron chi connectivity index (χ4n) is 1.25. The average Bonchev–Trinajstić information content (AvgIpc) is 2.27. The maximum atomic E-state index is 10.6. The first kappa shape index (κ1) is 13.6. The van der Waals surface area contributed by atoms with E-state index in [9.17, 15) is 15.0 Å². The predicted molar refractivity (Wildman–Crippen MR) is 58.4 cm³/mol. The lowest BCUT2D eigenvalue weighted by Gasteiger charge is -2.18. The molecule has 1 aromatic heterocycles. The summed E-state index contributed by atoms with van der Waals surface area (Å²) in [6.45, 7) is 0. The molecule has 0 aliphatic rings. The van der Waals surface area contributed by atoms with E-state index >= 15 is 0 Å². The zero-order chi connectivity index (χ0) is 13.0. The number of aliphatic hydroxyl groups excluding tert-OH is 2. The molecule has 94 valence electrons. The van der Waals surface area contributed by atoms with Crippen LogP contribution in [0.3, 0.4) is 0 Å². The van der Waals surface area contributed by atoms with E-state index in [-0.39, 0.29) is 23.1 Å². The van der Waals surface area contributed by atoms with Gasteiger partial charge in [-0.05, 0) is 11.6 Å². The van der Waals surface area contributed by atoms with Crippen LogP contribution in [0.25, 0.3) is 0 Å². The van der Waals surface area contributed by atoms with Crippen LogP contribution in [0.2, 0.25) is 5.28 Å². The number of amides is 1. The molecule has 0 fully saturated rings. The zero-order valence-corrected chi connectivity index (χ0v) is 9.76. The van der Waals surface area contributed by atoms with Gasteiger partial charge in [0.15, 0.2) is 0 Å². The monoisotopic (exact) mass is 261 g/mol. The van der Waals surface area contributed by atoms with Crippen molar-refractivity contribution < 1.29 is 19.7 Å². The predicted octanol–water partition coefficient (Wildman–Crippen LogP) is -0.592. The number of hydrogen-bond acceptors (Lipinski definition) is 6. The Bertz CT molecular complexity index is 415. The summed E-state index contributed by atoms with van der Waals surface area (Å²) >= 11 is 5.54. The van der Waals surface area contributed by atoms with Crippen LogP contribution in [0.4, 0.5) is 0 Å². The quantitative estimate of drug-likeness (QED) is 0.610. The van der Waals surface area contributed by atoms with Crippen molar-refractivity contribution >= 4 is 17.5 Å². The van der Waals surface area contributed by atoms with Crippen molar-refractivity contribution in [3.8, 4) is 5.88 Å². The molecule has 8 heteroatoms. The van der Waals surface area contributed by atoms with Crippen LogP contribution >= 0.6 is 11.6 Å². The normalized spacial score (nSPS) is 14.1. The molecule has 17 heavy (non-hydrogen) atoms. The highest BCUT2D eigenvalue weighted by Gasteiger charge is 2.24. The van der Waals surface area contributed by atoms with Crippen molar-refractivity contribution in [2.75, 3.05) is 7.11 Å². The van der Waals surface area contributed by atoms with Crippen LogP contribution in [-0.2, 0) is 4.79 Å². The molecule has 0 aromatic carbocycles. The molecule has 1 amide bonds. The minimum absolute atomic E-state index is 0.0287. The topological polar surface area (TPSA) is 119 Å². The molecule has 0 bridgehead atoms. The fourth-order valence-corrected chi connectivity index (χ4v) is 1.37. The van der Waals surface area contributed by atoms with Gasteiger partial charge in [0.05, 0.1) is 25.2 Å². The van der Waals surface area contributed by atoms with Crippen molar-refractivity contribution in [1.29, 1.82) is 0 Å². The van der Waals surface area contributed by atoms with E-state index in [0.717, 1.165) is 0 Å². The van der Waals surface area contributed by atoms with Gasteiger partial charge in [-0.25, -0.2) is 4.98 Å². The van der Waals surface area contributed by atoms with E-state index in [4.69, 9.17) is 22.1 Å². The molecule has 0 aliphatic carbocycles. The summed E-state index contributed by atoms with van der Waals surface area (Å²) in [7, 11) is 1.33. The Balaban J connectivity index is 2.94. The first-order valence-corrected chi connectivity index (χ1v) is 5.04. The molecule has 1 heterocycles. The number of aliphatic hydroxyl groups is 2. The smallest absolute Gasteiger partial charge is 0.225 e. The lowest BCUT2D eigenvalue weighted by molar-refractivity contribution is -0.121. The Hall–Kier alpha value is -1.44. The lowest BCUT2D eigenvalue weighted by Crippen LogP contribution is -2.26. The number of hydrogen-bond donors (Lipinski definition) is 3. The molecule has 0 spiro atoms. The van der Waals surface area contributed by atoms with Crippen LogP contribution in [-0.4, -0.2) is 39.3 Å². The van der Waals surface area contributed by atoms with Crippen LogP contribution in [0.15, 0.2) is 6.20 Å². The molecule has 7 nitrogen and oxygen atoms in total. The number of nitrogens with two attached hydrogens (primary N) is 1. The number of ether oxygens (including phenoxy) is 1. The molecule has 2 unspecified atom stereocenters. The van der Waals surface area contributed by atoms with Gasteiger partial charge in [-0.3, -0.25) is 4.79 Å². The molecule has 1 rings (SSSR count). The van der Waals surface area contributed by atoms with Gasteiger partial charge < -0.3 is 20.7 Å². The zero-order valence-electron chi connectivity index (χ0n) is 9.00. The Labute approximate surface area is 102 Å². The summed E-state index contributed by atoms with van der Waals surface area (Å²) in [5.74, 6) is -0.702. The van der Waals surface area contributed by atoms with Gasteiger partial charge >= 0.3 is 0 Å². The van der Waals surface area contributed by atoms with Gasteiger partial charge in [-0.1, -0.05) is 0 Å². The fraction of sp³-hybridized carbons (Fsp3) is 0.444. The van der Waals surface area contributed by atoms with Crippen LogP contribution in [0.5, 0.6) is 5.88 Å². The third kappa shape index (κ3) is 3.52. The summed E-state index contributed by atoms with van der Waals surface area (Å²) in [6.07, 6.45) is -1.91. The first-order chi connectivity index (χ1) is 7.95. The SMILES string of the molecule is COc1nc(Cl)ncc1C(O)C(O)CC(N)=O. The van der Waals surface area contributed by atoms with Gasteiger partial charge in [0, 0.05) is 6.20 Å². The summed E-state index contributed by atoms with van der Waals surface area (Å²) in [5.41, 5.74) is 5.04. The second kappa shape index (κ2) is 5.76. The van der Waals surface area contributed by atoms with Crippen LogP contribution in [0.1, 0.15) is 18.1 Å². The molecule has 4 N–H and O–H groups in total. The standard InChI is InChI=1S/C9H12ClN3O4/c1-17-8-4(3-12-9(10)13-8)7(16)5(14)2-6(11)15/h3,5,7,14,16H,2H2,1H3,(H2,11,15). The lowest BCUT2D eigenvalue weighted by atomic mass is 10.0. The maximum absolute atomic E-state index is 10.6. The molecule has 1 aromatic rings. The molecule has 2 atom stereocenters. The molecule has 0 aliphatic heterocycles. The molecular formula is C9H12ClN3O4. The number of halogens is 1. The second-order valence-corrected chi connectivity index (χ2v) is 3.62. The number of rotatable bonds is 5. The van der Waals surface area contributed by atoms with E-state index in [1.54, 1.807) is 0 Å². The highest BCUT2D eigenvalue weighted by molar-refractivity contribution is 6.28. The van der Waals surface area contributed by atoms with Gasteiger partial charge in [0.25, 0.3) is 0 Å². The third-order valence-corrected chi connectivity index (χ3v) is 2.22. The summed E-state index contributed by atoms with van der Waals surface area (Å²) < 4.78 is 4.88. The largest absolute Gasteiger partial charge is 0.481 e. The van der Waals surface area contributed by atoms with Gasteiger partial charge in [-0.2, -0.15) is 4.98 Å². The Morgan fingerprint density at radius 3 is 2.82 bits per heavy atom. The number of carbonyl (C=O) groups excluding carboxylic acids is 1. The van der Waals surface area contributed by atoms with Crippen molar-refractivity contribution in [1.82, 2.24) is 9.97 Å². The number of methoxy groups -OCH3 is 1. The Kier molecular flexibility index (Phi) is 4.62. The number of primary amides is 1. The van der Waals surface area contributed by atoms with Crippen molar-refractivity contribution in [2.45, 2.75) is 18.6 Å². The molecule has 0 radical (unpaired) electrons. The maximum Gasteiger partial charge on any atom is 0.225 e. The van der Waals surface area contributed by atoms with E-state index in [1.165, 1.54) is 13.3 Å². The van der Waals surface area contributed by atoms with Gasteiger partial charge in [0.1, 0.15) is 6.10 Å². The van der Waals surface area contributed by atoms with Gasteiger partial charge in [-0.15, -0.1) is 0 Å². The van der Waals surface area contributed by atoms with E-state index in [0.29, 0.717) is 0 Å². The average molecular weight is 262 g/mol. The van der Waals surface area contributed by atoms with Crippen LogP contribution in [0, 0.1) is 0 Å². The van der Waals surface area contributed by atoms with Crippen molar-refractivity contribution in [3.63, 3.8) is 0 Å². The number of nitrogens with zero attached hydrogens (tertiary/aromatic N) is 2. The highest BCUT2D eigenvalue weighted by Crippen LogP contribution is 2.26. The Morgan fingerprint density at radius 2 is 2.29 bits per heavy atom. The van der Waals surface area contributed by atoms with Crippen molar-refractivity contribution in [3.05, 3.63) is 17.0 Å². The first-order valence-electron chi connectivity index (χ1n) is 4.66. The molecule has 0 saturated heterocycles. The summed E-state index contributed by atoms with van der Waals surface area (Å²) in [5, 5.41) is 19.3. The minimum Gasteiger partial charge on any atom is -0.481 e. The highest BCUT2D eigenvalue weighted by atomic mass is 35.5. The number of aromatic nitrogens is 2. The third-order valence-electron chi connectivity index (χ3n) is 2.04. The van der Waals surface area contributed by atoms with E-state index < -0.39 is 18.1 Å². The van der Waals surface area contributed by atoms with Gasteiger partial charge in [0.2, 0.25) is 17.1 Å². The number of carbonyl (C=O) groups is 1. The van der Waals surface area contributed by atoms with Crippen LogP contribution < -0.4 is 10.5 Å².